The molecule has 0 amide bonds. The molecule has 4 heteroatoms. The number of aryl methyl sites for hydroxylation is 1. The fourth-order valence-corrected chi connectivity index (χ4v) is 2.20. The molecule has 3 N–H and O–H groups in total. The molecule has 1 aromatic carbocycles. The second-order valence-corrected chi connectivity index (χ2v) is 4.28. The summed E-state index contributed by atoms with van der Waals surface area (Å²) in [6.45, 7) is 0. The third-order valence-corrected chi connectivity index (χ3v) is 3.08. The van der Waals surface area contributed by atoms with Crippen LogP contribution in [0.15, 0.2) is 42.6 Å². The topological polar surface area (TPSA) is 64.1 Å². The van der Waals surface area contributed by atoms with E-state index in [-0.39, 0.29) is 5.75 Å². The van der Waals surface area contributed by atoms with Crippen LogP contribution in [-0.2, 0) is 7.05 Å². The number of benzene rings is 1. The summed E-state index contributed by atoms with van der Waals surface area (Å²) in [4.78, 5) is 4.31. The van der Waals surface area contributed by atoms with Gasteiger partial charge in [-0.3, -0.25) is 4.98 Å². The molecule has 0 spiro atoms. The average molecular weight is 239 g/mol. The molecule has 3 rings (SSSR count). The standard InChI is InChI=1S/C14H13N3O/c1-17-12(11-6-5-10(15)8-16-11)7-9-3-2-4-13(18)14(9)17/h2-8,18H,15H2,1H3. The van der Waals surface area contributed by atoms with Gasteiger partial charge in [-0.1, -0.05) is 12.1 Å². The number of pyridine rings is 1. The smallest absolute Gasteiger partial charge is 0.139 e. The van der Waals surface area contributed by atoms with E-state index in [9.17, 15) is 5.11 Å². The molecule has 4 nitrogen and oxygen atoms in total. The highest BCUT2D eigenvalue weighted by Crippen LogP contribution is 2.31. The second-order valence-electron chi connectivity index (χ2n) is 4.28. The number of phenolic OH excluding ortho intramolecular Hbond substituents is 1. The van der Waals surface area contributed by atoms with Crippen LogP contribution < -0.4 is 5.73 Å². The third kappa shape index (κ3) is 1.50. The molecule has 0 atom stereocenters. The van der Waals surface area contributed by atoms with E-state index in [1.54, 1.807) is 12.3 Å². The molecular weight excluding hydrogens is 226 g/mol. The van der Waals surface area contributed by atoms with Crippen molar-refractivity contribution in [2.24, 2.45) is 7.05 Å². The lowest BCUT2D eigenvalue weighted by atomic mass is 10.2. The zero-order chi connectivity index (χ0) is 12.7. The Hall–Kier alpha value is -2.49. The maximum atomic E-state index is 9.90. The molecule has 0 saturated heterocycles. The van der Waals surface area contributed by atoms with Gasteiger partial charge in [0, 0.05) is 12.4 Å². The first-order valence-corrected chi connectivity index (χ1v) is 5.66. The second kappa shape index (κ2) is 3.77. The van der Waals surface area contributed by atoms with Gasteiger partial charge < -0.3 is 15.4 Å². The Bertz CT molecular complexity index is 714. The van der Waals surface area contributed by atoms with Crippen molar-refractivity contribution >= 4 is 16.6 Å². The molecule has 90 valence electrons. The van der Waals surface area contributed by atoms with Crippen molar-refractivity contribution in [3.05, 3.63) is 42.6 Å². The Morgan fingerprint density at radius 3 is 2.72 bits per heavy atom. The lowest BCUT2D eigenvalue weighted by molar-refractivity contribution is 0.479. The van der Waals surface area contributed by atoms with E-state index in [2.05, 4.69) is 4.98 Å². The molecule has 18 heavy (non-hydrogen) atoms. The summed E-state index contributed by atoms with van der Waals surface area (Å²) < 4.78 is 1.93. The van der Waals surface area contributed by atoms with Crippen molar-refractivity contribution in [1.82, 2.24) is 9.55 Å². The van der Waals surface area contributed by atoms with Crippen LogP contribution in [0.5, 0.6) is 5.75 Å². The van der Waals surface area contributed by atoms with Gasteiger partial charge >= 0.3 is 0 Å². The molecule has 0 aliphatic carbocycles. The monoisotopic (exact) mass is 239 g/mol. The van der Waals surface area contributed by atoms with Crippen molar-refractivity contribution in [2.45, 2.75) is 0 Å². The van der Waals surface area contributed by atoms with E-state index in [0.29, 0.717) is 5.69 Å². The van der Waals surface area contributed by atoms with Crippen LogP contribution in [0, 0.1) is 0 Å². The molecule has 0 radical (unpaired) electrons. The first-order chi connectivity index (χ1) is 8.66. The van der Waals surface area contributed by atoms with Crippen LogP contribution in [0.3, 0.4) is 0 Å². The maximum absolute atomic E-state index is 9.90. The van der Waals surface area contributed by atoms with E-state index < -0.39 is 0 Å². The molecule has 0 bridgehead atoms. The molecule has 2 heterocycles. The van der Waals surface area contributed by atoms with E-state index in [1.165, 1.54) is 0 Å². The summed E-state index contributed by atoms with van der Waals surface area (Å²) in [5.41, 5.74) is 8.87. The lowest BCUT2D eigenvalue weighted by Gasteiger charge is -2.04. The third-order valence-electron chi connectivity index (χ3n) is 3.08. The molecule has 3 aromatic rings. The Kier molecular flexibility index (Phi) is 2.23. The predicted molar refractivity (Wildman–Crippen MR) is 72.2 cm³/mol. The summed E-state index contributed by atoms with van der Waals surface area (Å²) in [6.07, 6.45) is 1.63. The molecule has 2 aromatic heterocycles. The first-order valence-electron chi connectivity index (χ1n) is 5.66. The molecule has 0 aliphatic rings. The molecule has 0 unspecified atom stereocenters. The van der Waals surface area contributed by atoms with Crippen molar-refractivity contribution in [3.8, 4) is 17.1 Å². The Balaban J connectivity index is 2.27. The van der Waals surface area contributed by atoms with Gasteiger partial charge in [0.1, 0.15) is 5.75 Å². The van der Waals surface area contributed by atoms with Gasteiger partial charge in [0.05, 0.1) is 28.8 Å². The number of hydrogen-bond donors (Lipinski definition) is 2. The fraction of sp³-hybridized carbons (Fsp3) is 0.0714. The highest BCUT2D eigenvalue weighted by atomic mass is 16.3. The Labute approximate surface area is 104 Å². The van der Waals surface area contributed by atoms with Crippen molar-refractivity contribution in [3.63, 3.8) is 0 Å². The number of para-hydroxylation sites is 1. The van der Waals surface area contributed by atoms with Gasteiger partial charge in [-0.05, 0) is 24.3 Å². The van der Waals surface area contributed by atoms with Gasteiger partial charge in [-0.25, -0.2) is 0 Å². The normalized spacial score (nSPS) is 10.9. The zero-order valence-electron chi connectivity index (χ0n) is 9.96. The molecule has 0 aliphatic heterocycles. The maximum Gasteiger partial charge on any atom is 0.139 e. The van der Waals surface area contributed by atoms with Crippen LogP contribution in [0.2, 0.25) is 0 Å². The van der Waals surface area contributed by atoms with Gasteiger partial charge in [0.2, 0.25) is 0 Å². The summed E-state index contributed by atoms with van der Waals surface area (Å²) in [5.74, 6) is 0.275. The first kappa shape index (κ1) is 10.7. The Morgan fingerprint density at radius 2 is 2.06 bits per heavy atom. The number of phenols is 1. The quantitative estimate of drug-likeness (QED) is 0.685. The minimum absolute atomic E-state index is 0.275. The summed E-state index contributed by atoms with van der Waals surface area (Å²) in [5, 5.41) is 10.9. The number of nitrogens with zero attached hydrogens (tertiary/aromatic N) is 2. The number of nitrogen functional groups attached to an aromatic ring is 1. The van der Waals surface area contributed by atoms with Crippen molar-refractivity contribution < 1.29 is 5.11 Å². The van der Waals surface area contributed by atoms with E-state index in [4.69, 9.17) is 5.73 Å². The van der Waals surface area contributed by atoms with Gasteiger partial charge in [0.15, 0.2) is 0 Å². The minimum Gasteiger partial charge on any atom is -0.506 e. The van der Waals surface area contributed by atoms with Gasteiger partial charge in [0.25, 0.3) is 0 Å². The number of aromatic hydroxyl groups is 1. The van der Waals surface area contributed by atoms with Crippen LogP contribution in [0.4, 0.5) is 5.69 Å². The van der Waals surface area contributed by atoms with Crippen LogP contribution in [-0.4, -0.2) is 14.7 Å². The number of aromatic nitrogens is 2. The average Bonchev–Trinajstić information content (AvgIpc) is 2.69. The molecular formula is C14H13N3O. The number of anilines is 1. The summed E-state index contributed by atoms with van der Waals surface area (Å²) in [7, 11) is 1.91. The number of hydrogen-bond acceptors (Lipinski definition) is 3. The van der Waals surface area contributed by atoms with Crippen LogP contribution >= 0.6 is 0 Å². The largest absolute Gasteiger partial charge is 0.506 e. The highest BCUT2D eigenvalue weighted by Gasteiger charge is 2.11. The Morgan fingerprint density at radius 1 is 1.22 bits per heavy atom. The molecule has 0 fully saturated rings. The van der Waals surface area contributed by atoms with E-state index in [0.717, 1.165) is 22.3 Å². The van der Waals surface area contributed by atoms with Gasteiger partial charge in [-0.2, -0.15) is 0 Å². The fourth-order valence-electron chi connectivity index (χ4n) is 2.20. The van der Waals surface area contributed by atoms with Crippen LogP contribution in [0.1, 0.15) is 0 Å². The predicted octanol–water partition coefficient (Wildman–Crippen LogP) is 2.53. The van der Waals surface area contributed by atoms with Crippen molar-refractivity contribution in [1.29, 1.82) is 0 Å². The molecule has 0 saturated carbocycles. The van der Waals surface area contributed by atoms with Gasteiger partial charge in [-0.15, -0.1) is 0 Å². The summed E-state index contributed by atoms with van der Waals surface area (Å²) >= 11 is 0. The van der Waals surface area contributed by atoms with Crippen LogP contribution in [0.25, 0.3) is 22.3 Å². The van der Waals surface area contributed by atoms with E-state index >= 15 is 0 Å². The summed E-state index contributed by atoms with van der Waals surface area (Å²) in [6, 6.07) is 11.2. The number of rotatable bonds is 1. The SMILES string of the molecule is Cn1c(-c2ccc(N)cn2)cc2cccc(O)c21. The van der Waals surface area contributed by atoms with E-state index in [1.807, 2.05) is 41.9 Å². The number of fused-ring (bicyclic) bond motifs is 1. The number of nitrogens with two attached hydrogens (primary N) is 1. The van der Waals surface area contributed by atoms with Crippen molar-refractivity contribution in [2.75, 3.05) is 5.73 Å². The highest BCUT2D eigenvalue weighted by molar-refractivity contribution is 5.90. The zero-order valence-corrected chi connectivity index (χ0v) is 9.96. The lowest BCUT2D eigenvalue weighted by Crippen LogP contribution is -1.94. The minimum atomic E-state index is 0.275.